The fourth-order valence-electron chi connectivity index (χ4n) is 3.01. The molecule has 1 fully saturated rings. The number of halogens is 1. The number of ether oxygens (including phenoxy) is 2. The van der Waals surface area contributed by atoms with E-state index in [1.165, 1.54) is 19.1 Å². The SMILES string of the molecule is CCC(=O)O[C@H](C)OC(=O)N1C[C@@H](Cc2cccc(F)c2)C[C@H]1C(=O)O. The third-order valence-electron chi connectivity index (χ3n) is 4.17. The van der Waals surface area contributed by atoms with E-state index in [9.17, 15) is 23.9 Å². The molecule has 8 heteroatoms. The molecule has 1 aliphatic heterocycles. The molecule has 0 aromatic heterocycles. The number of nitrogens with zero attached hydrogens (tertiary/aromatic N) is 1. The van der Waals surface area contributed by atoms with Crippen molar-refractivity contribution >= 4 is 18.0 Å². The lowest BCUT2D eigenvalue weighted by Gasteiger charge is -2.23. The van der Waals surface area contributed by atoms with Crippen molar-refractivity contribution in [3.05, 3.63) is 35.6 Å². The second kappa shape index (κ2) is 8.64. The minimum atomic E-state index is -1.14. The molecule has 0 bridgehead atoms. The maximum Gasteiger partial charge on any atom is 0.413 e. The number of carboxylic acids is 1. The van der Waals surface area contributed by atoms with E-state index >= 15 is 0 Å². The molecular weight excluding hydrogens is 345 g/mol. The molecule has 1 aromatic carbocycles. The Hall–Kier alpha value is -2.64. The molecule has 0 spiro atoms. The number of hydrogen-bond acceptors (Lipinski definition) is 5. The maximum absolute atomic E-state index is 13.3. The Morgan fingerprint density at radius 1 is 1.35 bits per heavy atom. The van der Waals surface area contributed by atoms with Crippen LogP contribution in [0.1, 0.15) is 32.3 Å². The summed E-state index contributed by atoms with van der Waals surface area (Å²) in [5.41, 5.74) is 0.736. The molecule has 1 saturated heterocycles. The van der Waals surface area contributed by atoms with Crippen LogP contribution in [0.25, 0.3) is 0 Å². The number of carbonyl (C=O) groups excluding carboxylic acids is 2. The lowest BCUT2D eigenvalue weighted by Crippen LogP contribution is -2.42. The molecule has 0 saturated carbocycles. The Labute approximate surface area is 150 Å². The Morgan fingerprint density at radius 2 is 2.08 bits per heavy atom. The smallest absolute Gasteiger partial charge is 0.413 e. The van der Waals surface area contributed by atoms with Crippen molar-refractivity contribution in [3.63, 3.8) is 0 Å². The van der Waals surface area contributed by atoms with Gasteiger partial charge in [-0.1, -0.05) is 19.1 Å². The molecule has 2 rings (SSSR count). The maximum atomic E-state index is 13.3. The molecule has 1 amide bonds. The van der Waals surface area contributed by atoms with Gasteiger partial charge in [-0.25, -0.2) is 14.0 Å². The standard InChI is InChI=1S/C18H22FNO6/c1-3-16(21)25-11(2)26-18(24)20-10-13(9-15(20)17(22)23)7-12-5-4-6-14(19)8-12/h4-6,8,11,13,15H,3,7,9-10H2,1-2H3,(H,22,23)/t11-,13-,15-/m0/s1. The van der Waals surface area contributed by atoms with Gasteiger partial charge in [0.2, 0.25) is 6.29 Å². The highest BCUT2D eigenvalue weighted by Gasteiger charge is 2.41. The van der Waals surface area contributed by atoms with E-state index in [1.54, 1.807) is 19.1 Å². The predicted octanol–water partition coefficient (Wildman–Crippen LogP) is 2.58. The van der Waals surface area contributed by atoms with E-state index in [0.717, 1.165) is 10.5 Å². The van der Waals surface area contributed by atoms with Gasteiger partial charge in [0.05, 0.1) is 0 Å². The van der Waals surface area contributed by atoms with Crippen molar-refractivity contribution in [2.24, 2.45) is 5.92 Å². The zero-order valence-corrected chi connectivity index (χ0v) is 14.7. The zero-order chi connectivity index (χ0) is 19.3. The van der Waals surface area contributed by atoms with Crippen molar-refractivity contribution in [2.75, 3.05) is 6.54 Å². The van der Waals surface area contributed by atoms with Gasteiger partial charge in [-0.15, -0.1) is 0 Å². The summed E-state index contributed by atoms with van der Waals surface area (Å²) >= 11 is 0. The molecule has 142 valence electrons. The summed E-state index contributed by atoms with van der Waals surface area (Å²) in [6, 6.07) is 5.04. The average molecular weight is 367 g/mol. The highest BCUT2D eigenvalue weighted by atomic mass is 19.1. The van der Waals surface area contributed by atoms with Crippen LogP contribution in [0.3, 0.4) is 0 Å². The van der Waals surface area contributed by atoms with Crippen LogP contribution in [0.5, 0.6) is 0 Å². The molecule has 1 aromatic rings. The molecule has 7 nitrogen and oxygen atoms in total. The fourth-order valence-corrected chi connectivity index (χ4v) is 3.01. The van der Waals surface area contributed by atoms with Crippen LogP contribution < -0.4 is 0 Å². The molecule has 0 radical (unpaired) electrons. The first-order valence-corrected chi connectivity index (χ1v) is 8.44. The number of esters is 1. The van der Waals surface area contributed by atoms with Crippen molar-refractivity contribution in [1.29, 1.82) is 0 Å². The molecular formula is C18H22FNO6. The summed E-state index contributed by atoms with van der Waals surface area (Å²) in [5, 5.41) is 9.38. The molecule has 1 heterocycles. The highest BCUT2D eigenvalue weighted by molar-refractivity contribution is 5.81. The third kappa shape index (κ3) is 5.18. The quantitative estimate of drug-likeness (QED) is 0.614. The van der Waals surface area contributed by atoms with Gasteiger partial charge in [0.15, 0.2) is 0 Å². The summed E-state index contributed by atoms with van der Waals surface area (Å²) in [6.07, 6.45) is -1.13. The largest absolute Gasteiger partial charge is 0.480 e. The van der Waals surface area contributed by atoms with Gasteiger partial charge in [-0.05, 0) is 36.5 Å². The topological polar surface area (TPSA) is 93.1 Å². The number of aliphatic carboxylic acids is 1. The van der Waals surface area contributed by atoms with E-state index in [2.05, 4.69) is 0 Å². The summed E-state index contributed by atoms with van der Waals surface area (Å²) in [6.45, 7) is 3.16. The number of rotatable bonds is 6. The number of benzene rings is 1. The van der Waals surface area contributed by atoms with Crippen LogP contribution in [0.15, 0.2) is 24.3 Å². The Morgan fingerprint density at radius 3 is 2.69 bits per heavy atom. The van der Waals surface area contributed by atoms with E-state index < -0.39 is 30.4 Å². The summed E-state index contributed by atoms with van der Waals surface area (Å²) in [5.74, 6) is -2.16. The molecule has 1 N–H and O–H groups in total. The van der Waals surface area contributed by atoms with Gasteiger partial charge in [-0.2, -0.15) is 0 Å². The summed E-state index contributed by atoms with van der Waals surface area (Å²) in [4.78, 5) is 36.1. The van der Waals surface area contributed by atoms with Crippen LogP contribution in [0.4, 0.5) is 9.18 Å². The van der Waals surface area contributed by atoms with Crippen molar-refractivity contribution in [1.82, 2.24) is 4.90 Å². The Kier molecular flexibility index (Phi) is 6.54. The number of hydrogen-bond donors (Lipinski definition) is 1. The van der Waals surface area contributed by atoms with Crippen LogP contribution in [0.2, 0.25) is 0 Å². The van der Waals surface area contributed by atoms with Crippen LogP contribution >= 0.6 is 0 Å². The van der Waals surface area contributed by atoms with Crippen LogP contribution in [0, 0.1) is 11.7 Å². The van der Waals surface area contributed by atoms with E-state index in [-0.39, 0.29) is 31.1 Å². The number of amides is 1. The molecule has 26 heavy (non-hydrogen) atoms. The van der Waals surface area contributed by atoms with Gasteiger partial charge in [0.25, 0.3) is 0 Å². The van der Waals surface area contributed by atoms with Crippen molar-refractivity contribution in [3.8, 4) is 0 Å². The fraction of sp³-hybridized carbons (Fsp3) is 0.500. The van der Waals surface area contributed by atoms with Gasteiger partial charge in [-0.3, -0.25) is 9.69 Å². The predicted molar refractivity (Wildman–Crippen MR) is 88.7 cm³/mol. The summed E-state index contributed by atoms with van der Waals surface area (Å²) in [7, 11) is 0. The number of carbonyl (C=O) groups is 3. The molecule has 0 aliphatic carbocycles. The van der Waals surface area contributed by atoms with Crippen molar-refractivity contribution < 1.29 is 33.4 Å². The normalized spacial score (nSPS) is 20.5. The lowest BCUT2D eigenvalue weighted by molar-refractivity contribution is -0.166. The van der Waals surface area contributed by atoms with Crippen LogP contribution in [-0.2, 0) is 25.5 Å². The average Bonchev–Trinajstić information content (AvgIpc) is 2.98. The minimum Gasteiger partial charge on any atom is -0.480 e. The van der Waals surface area contributed by atoms with Crippen LogP contribution in [-0.4, -0.2) is 46.9 Å². The summed E-state index contributed by atoms with van der Waals surface area (Å²) < 4.78 is 23.2. The number of likely N-dealkylation sites (tertiary alicyclic amines) is 1. The highest BCUT2D eigenvalue weighted by Crippen LogP contribution is 2.28. The first kappa shape index (κ1) is 19.7. The second-order valence-corrected chi connectivity index (χ2v) is 6.24. The molecule has 3 atom stereocenters. The zero-order valence-electron chi connectivity index (χ0n) is 14.7. The molecule has 1 aliphatic rings. The monoisotopic (exact) mass is 367 g/mol. The van der Waals surface area contributed by atoms with Gasteiger partial charge >= 0.3 is 18.0 Å². The minimum absolute atomic E-state index is 0.138. The van der Waals surface area contributed by atoms with E-state index in [1.807, 2.05) is 0 Å². The Bertz CT molecular complexity index is 679. The second-order valence-electron chi connectivity index (χ2n) is 6.24. The van der Waals surface area contributed by atoms with Crippen molar-refractivity contribution in [2.45, 2.75) is 45.4 Å². The third-order valence-corrected chi connectivity index (χ3v) is 4.17. The van der Waals surface area contributed by atoms with E-state index in [4.69, 9.17) is 9.47 Å². The van der Waals surface area contributed by atoms with Gasteiger partial charge in [0.1, 0.15) is 11.9 Å². The van der Waals surface area contributed by atoms with E-state index in [0.29, 0.717) is 6.42 Å². The first-order chi connectivity index (χ1) is 12.3. The molecule has 0 unspecified atom stereocenters. The first-order valence-electron chi connectivity index (χ1n) is 8.44. The number of carboxylic acid groups (broad SMARTS) is 1. The van der Waals surface area contributed by atoms with Gasteiger partial charge < -0.3 is 14.6 Å². The lowest BCUT2D eigenvalue weighted by atomic mass is 9.97. The van der Waals surface area contributed by atoms with Gasteiger partial charge in [0, 0.05) is 19.9 Å². The Balaban J connectivity index is 2.01.